The zero-order valence-corrected chi connectivity index (χ0v) is 12.1. The quantitative estimate of drug-likeness (QED) is 0.786. The lowest BCUT2D eigenvalue weighted by atomic mass is 9.91. The van der Waals surface area contributed by atoms with Gasteiger partial charge in [0.15, 0.2) is 0 Å². The van der Waals surface area contributed by atoms with Crippen LogP contribution in [0.15, 0.2) is 0 Å². The van der Waals surface area contributed by atoms with Crippen LogP contribution in [-0.2, 0) is 9.53 Å². The Morgan fingerprint density at radius 3 is 2.72 bits per heavy atom. The fourth-order valence-corrected chi connectivity index (χ4v) is 2.31. The van der Waals surface area contributed by atoms with Gasteiger partial charge in [0.05, 0.1) is 12.5 Å². The lowest BCUT2D eigenvalue weighted by molar-refractivity contribution is -0.141. The van der Waals surface area contributed by atoms with E-state index in [0.717, 1.165) is 39.0 Å². The summed E-state index contributed by atoms with van der Waals surface area (Å²) < 4.78 is 5.42. The summed E-state index contributed by atoms with van der Waals surface area (Å²) >= 11 is 0. The molecule has 0 aliphatic carbocycles. The SMILES string of the molecule is CCCN(CC(C)(C)CN)C(=O)C1CCCOC1. The van der Waals surface area contributed by atoms with Crippen molar-refractivity contribution in [2.75, 3.05) is 32.8 Å². The van der Waals surface area contributed by atoms with E-state index >= 15 is 0 Å². The van der Waals surface area contributed by atoms with Gasteiger partial charge in [0.25, 0.3) is 0 Å². The Bertz CT molecular complexity index is 261. The van der Waals surface area contributed by atoms with Gasteiger partial charge in [-0.2, -0.15) is 0 Å². The predicted octanol–water partition coefficient (Wildman–Crippen LogP) is 1.64. The van der Waals surface area contributed by atoms with Gasteiger partial charge in [-0.05, 0) is 31.2 Å². The molecule has 0 radical (unpaired) electrons. The maximum absolute atomic E-state index is 12.5. The number of hydrogen-bond acceptors (Lipinski definition) is 3. The molecule has 0 spiro atoms. The summed E-state index contributed by atoms with van der Waals surface area (Å²) in [7, 11) is 0. The molecule has 1 saturated heterocycles. The van der Waals surface area contributed by atoms with Crippen LogP contribution in [0.2, 0.25) is 0 Å². The number of ether oxygens (including phenoxy) is 1. The molecule has 2 N–H and O–H groups in total. The molecule has 0 aromatic heterocycles. The number of nitrogens with zero attached hydrogens (tertiary/aromatic N) is 1. The highest BCUT2D eigenvalue weighted by Gasteiger charge is 2.29. The smallest absolute Gasteiger partial charge is 0.228 e. The lowest BCUT2D eigenvalue weighted by Crippen LogP contribution is -2.46. The van der Waals surface area contributed by atoms with E-state index in [2.05, 4.69) is 20.8 Å². The van der Waals surface area contributed by atoms with Gasteiger partial charge in [-0.15, -0.1) is 0 Å². The van der Waals surface area contributed by atoms with E-state index in [1.165, 1.54) is 0 Å². The van der Waals surface area contributed by atoms with Gasteiger partial charge in [-0.3, -0.25) is 4.79 Å². The van der Waals surface area contributed by atoms with E-state index in [0.29, 0.717) is 13.2 Å². The van der Waals surface area contributed by atoms with E-state index in [-0.39, 0.29) is 17.2 Å². The monoisotopic (exact) mass is 256 g/mol. The number of amides is 1. The third-order valence-corrected chi connectivity index (χ3v) is 3.49. The molecule has 0 aromatic rings. The maximum atomic E-state index is 12.5. The topological polar surface area (TPSA) is 55.6 Å². The van der Waals surface area contributed by atoms with E-state index in [1.807, 2.05) is 4.90 Å². The fraction of sp³-hybridized carbons (Fsp3) is 0.929. The molecule has 1 atom stereocenters. The summed E-state index contributed by atoms with van der Waals surface area (Å²) in [5.41, 5.74) is 5.75. The van der Waals surface area contributed by atoms with Crippen LogP contribution in [0.25, 0.3) is 0 Å². The summed E-state index contributed by atoms with van der Waals surface area (Å²) in [5.74, 6) is 0.303. The molecular formula is C14H28N2O2. The van der Waals surface area contributed by atoms with Crippen LogP contribution < -0.4 is 5.73 Å². The van der Waals surface area contributed by atoms with E-state index in [1.54, 1.807) is 0 Å². The second-order valence-electron chi connectivity index (χ2n) is 6.04. The Morgan fingerprint density at radius 2 is 2.22 bits per heavy atom. The van der Waals surface area contributed by atoms with Crippen LogP contribution in [-0.4, -0.2) is 43.7 Å². The molecular weight excluding hydrogens is 228 g/mol. The van der Waals surface area contributed by atoms with Crippen molar-refractivity contribution in [3.05, 3.63) is 0 Å². The highest BCUT2D eigenvalue weighted by Crippen LogP contribution is 2.21. The Balaban J connectivity index is 2.61. The van der Waals surface area contributed by atoms with E-state index in [9.17, 15) is 4.79 Å². The molecule has 0 saturated carbocycles. The molecule has 4 heteroatoms. The molecule has 1 amide bonds. The second kappa shape index (κ2) is 7.10. The Labute approximate surface area is 111 Å². The minimum Gasteiger partial charge on any atom is -0.381 e. The van der Waals surface area contributed by atoms with E-state index < -0.39 is 0 Å². The number of nitrogens with two attached hydrogens (primary N) is 1. The first-order valence-corrected chi connectivity index (χ1v) is 7.07. The Hall–Kier alpha value is -0.610. The Kier molecular flexibility index (Phi) is 6.09. The van der Waals surface area contributed by atoms with Crippen molar-refractivity contribution >= 4 is 5.91 Å². The second-order valence-corrected chi connectivity index (χ2v) is 6.04. The summed E-state index contributed by atoms with van der Waals surface area (Å²) in [5, 5.41) is 0. The highest BCUT2D eigenvalue weighted by molar-refractivity contribution is 5.79. The third kappa shape index (κ3) is 4.58. The van der Waals surface area contributed by atoms with Crippen molar-refractivity contribution in [1.82, 2.24) is 4.90 Å². The first-order chi connectivity index (χ1) is 8.50. The summed E-state index contributed by atoms with van der Waals surface area (Å²) in [4.78, 5) is 14.5. The molecule has 1 rings (SSSR count). The van der Waals surface area contributed by atoms with Gasteiger partial charge in [0, 0.05) is 19.7 Å². The van der Waals surface area contributed by atoms with Crippen molar-refractivity contribution in [1.29, 1.82) is 0 Å². The minimum absolute atomic E-state index is 0.0135. The molecule has 1 aliphatic rings. The average Bonchev–Trinajstić information content (AvgIpc) is 2.38. The van der Waals surface area contributed by atoms with E-state index in [4.69, 9.17) is 10.5 Å². The molecule has 0 bridgehead atoms. The van der Waals surface area contributed by atoms with Crippen molar-refractivity contribution in [2.45, 2.75) is 40.0 Å². The van der Waals surface area contributed by atoms with Crippen LogP contribution in [0, 0.1) is 11.3 Å². The summed E-state index contributed by atoms with van der Waals surface area (Å²) in [6.45, 7) is 9.87. The zero-order valence-electron chi connectivity index (χ0n) is 12.1. The van der Waals surface area contributed by atoms with Crippen molar-refractivity contribution in [2.24, 2.45) is 17.1 Å². The molecule has 1 aliphatic heterocycles. The van der Waals surface area contributed by atoms with Crippen LogP contribution >= 0.6 is 0 Å². The zero-order chi connectivity index (χ0) is 13.6. The normalized spacial score (nSPS) is 20.8. The van der Waals surface area contributed by atoms with Gasteiger partial charge in [-0.1, -0.05) is 20.8 Å². The van der Waals surface area contributed by atoms with Crippen LogP contribution in [0.5, 0.6) is 0 Å². The number of carbonyl (C=O) groups is 1. The summed E-state index contributed by atoms with van der Waals surface area (Å²) in [6.07, 6.45) is 2.94. The molecule has 106 valence electrons. The highest BCUT2D eigenvalue weighted by atomic mass is 16.5. The fourth-order valence-electron chi connectivity index (χ4n) is 2.31. The first-order valence-electron chi connectivity index (χ1n) is 7.07. The standard InChI is InChI=1S/C14H28N2O2/c1-4-7-16(11-14(2,3)10-15)13(17)12-6-5-8-18-9-12/h12H,4-11,15H2,1-3H3. The van der Waals surface area contributed by atoms with Gasteiger partial charge in [-0.25, -0.2) is 0 Å². The number of hydrogen-bond donors (Lipinski definition) is 1. The molecule has 4 nitrogen and oxygen atoms in total. The number of rotatable bonds is 6. The van der Waals surface area contributed by atoms with Crippen LogP contribution in [0.4, 0.5) is 0 Å². The summed E-state index contributed by atoms with van der Waals surface area (Å²) in [6, 6.07) is 0. The van der Waals surface area contributed by atoms with Crippen molar-refractivity contribution in [3.63, 3.8) is 0 Å². The average molecular weight is 256 g/mol. The maximum Gasteiger partial charge on any atom is 0.228 e. The first kappa shape index (κ1) is 15.4. The van der Waals surface area contributed by atoms with Crippen molar-refractivity contribution < 1.29 is 9.53 Å². The molecule has 1 unspecified atom stereocenters. The van der Waals surface area contributed by atoms with Gasteiger partial charge >= 0.3 is 0 Å². The molecule has 18 heavy (non-hydrogen) atoms. The van der Waals surface area contributed by atoms with Gasteiger partial charge in [0.1, 0.15) is 0 Å². The van der Waals surface area contributed by atoms with Gasteiger partial charge in [0.2, 0.25) is 5.91 Å². The third-order valence-electron chi connectivity index (χ3n) is 3.49. The van der Waals surface area contributed by atoms with Crippen LogP contribution in [0.3, 0.4) is 0 Å². The molecule has 1 fully saturated rings. The van der Waals surface area contributed by atoms with Crippen molar-refractivity contribution in [3.8, 4) is 0 Å². The molecule has 1 heterocycles. The number of carbonyl (C=O) groups excluding carboxylic acids is 1. The largest absolute Gasteiger partial charge is 0.381 e. The lowest BCUT2D eigenvalue weighted by Gasteiger charge is -2.34. The minimum atomic E-state index is -0.0135. The predicted molar refractivity (Wildman–Crippen MR) is 73.2 cm³/mol. The Morgan fingerprint density at radius 1 is 1.50 bits per heavy atom. The van der Waals surface area contributed by atoms with Gasteiger partial charge < -0.3 is 15.4 Å². The van der Waals surface area contributed by atoms with Crippen LogP contribution in [0.1, 0.15) is 40.0 Å². The molecule has 0 aromatic carbocycles.